The third-order valence-corrected chi connectivity index (χ3v) is 20.0. The summed E-state index contributed by atoms with van der Waals surface area (Å²) in [6, 6.07) is 5.02. The quantitative estimate of drug-likeness (QED) is 0.178. The Morgan fingerprint density at radius 3 is 1.27 bits per heavy atom. The number of carbonyl (C=O) groups is 2. The van der Waals surface area contributed by atoms with E-state index in [1.807, 2.05) is 12.2 Å². The molecule has 0 N–H and O–H groups in total. The number of hydrogen-bond acceptors (Lipinski definition) is 2. The Balaban J connectivity index is 1.64. The average Bonchev–Trinajstić information content (AvgIpc) is 3.89. The summed E-state index contributed by atoms with van der Waals surface area (Å²) in [5, 5.41) is 0. The summed E-state index contributed by atoms with van der Waals surface area (Å²) in [5.41, 5.74) is -1.88. The third kappa shape index (κ3) is 8.28. The molecule has 0 saturated heterocycles. The second kappa shape index (κ2) is 16.7. The maximum absolute atomic E-state index is 18.1. The molecule has 0 aromatic heterocycles. The van der Waals surface area contributed by atoms with E-state index in [1.54, 1.807) is 65.8 Å². The molecule has 0 aliphatic heterocycles. The molecule has 4 aliphatic rings. The first-order valence-electron chi connectivity index (χ1n) is 20.4. The second-order valence-electron chi connectivity index (χ2n) is 18.2. The van der Waals surface area contributed by atoms with Crippen molar-refractivity contribution in [1.29, 1.82) is 0 Å². The topological polar surface area (TPSA) is 40.6 Å². The van der Waals surface area contributed by atoms with Crippen molar-refractivity contribution < 1.29 is 43.7 Å². The Bertz CT molecular complexity index is 1770. The normalized spacial score (nSPS) is 18.4. The van der Waals surface area contributed by atoms with Crippen LogP contribution in [0, 0.1) is 45.9 Å². The standard InChI is InChI=1S/2C18H24F2NO.2C5H5.Ti/c2*1-18(2,3)17(22)21(12-13-7-5-4-6-8-13)16-10-9-14(19)11-15(16)20;2*1-2-4-5-3-1;/h2*9-10,13H,4-8,12H2,1-3H3;2*1-3H,4H2;. The number of halogens is 4. The molecule has 2 aromatic carbocycles. The van der Waals surface area contributed by atoms with E-state index in [4.69, 9.17) is 0 Å². The predicted molar refractivity (Wildman–Crippen MR) is 212 cm³/mol. The van der Waals surface area contributed by atoms with E-state index in [0.717, 1.165) is 64.2 Å². The Morgan fingerprint density at radius 2 is 0.964 bits per heavy atom. The molecule has 2 amide bonds. The van der Waals surface area contributed by atoms with Crippen LogP contribution in [0.3, 0.4) is 0 Å². The number of carbonyl (C=O) groups excluding carboxylic acids is 2. The van der Waals surface area contributed by atoms with E-state index in [0.29, 0.717) is 7.76 Å². The summed E-state index contributed by atoms with van der Waals surface area (Å²) in [6.45, 7) is 11.2. The molecule has 4 aliphatic carbocycles. The fraction of sp³-hybridized carbons (Fsp3) is 0.522. The van der Waals surface area contributed by atoms with Crippen LogP contribution in [0.2, 0.25) is 0 Å². The predicted octanol–water partition coefficient (Wildman–Crippen LogP) is 11.0. The molecule has 6 rings (SSSR count). The van der Waals surface area contributed by atoms with Gasteiger partial charge in [-0.2, -0.15) is 0 Å². The molecule has 2 fully saturated rings. The molecule has 0 unspecified atom stereocenters. The molecule has 2 saturated carbocycles. The van der Waals surface area contributed by atoms with Crippen molar-refractivity contribution in [3.05, 3.63) is 91.7 Å². The van der Waals surface area contributed by atoms with Gasteiger partial charge >= 0.3 is 331 Å². The minimum atomic E-state index is -5.29. The minimum absolute atomic E-state index is 0.0613. The number of rotatable bonds is 10. The summed E-state index contributed by atoms with van der Waals surface area (Å²) < 4.78 is 70.9. The zero-order valence-corrected chi connectivity index (χ0v) is 35.1. The van der Waals surface area contributed by atoms with E-state index in [1.165, 1.54) is 34.1 Å². The van der Waals surface area contributed by atoms with E-state index < -0.39 is 50.7 Å². The average molecular weight is 795 g/mol. The van der Waals surface area contributed by atoms with E-state index in [-0.39, 0.29) is 68.7 Å². The van der Waals surface area contributed by atoms with Crippen LogP contribution in [-0.4, -0.2) is 24.9 Å². The monoisotopic (exact) mass is 794 g/mol. The zero-order chi connectivity index (χ0) is 39.7. The molecule has 0 spiro atoms. The van der Waals surface area contributed by atoms with Crippen molar-refractivity contribution in [2.75, 3.05) is 22.9 Å². The van der Waals surface area contributed by atoms with Crippen LogP contribution in [0.4, 0.5) is 28.9 Å². The summed E-state index contributed by atoms with van der Waals surface area (Å²) >= 11 is -5.29. The van der Waals surface area contributed by atoms with E-state index in [2.05, 4.69) is 0 Å². The van der Waals surface area contributed by atoms with Gasteiger partial charge in [-0.25, -0.2) is 0 Å². The van der Waals surface area contributed by atoms with Gasteiger partial charge in [-0.15, -0.1) is 0 Å². The van der Waals surface area contributed by atoms with Crippen LogP contribution in [0.5, 0.6) is 0 Å². The Morgan fingerprint density at radius 1 is 0.600 bits per heavy atom. The maximum atomic E-state index is 18.1. The number of allylic oxidation sites excluding steroid dienone is 8. The number of benzene rings is 2. The van der Waals surface area contributed by atoms with Crippen molar-refractivity contribution in [3.63, 3.8) is 0 Å². The summed E-state index contributed by atoms with van der Waals surface area (Å²) in [6.07, 6.45) is 21.3. The first-order chi connectivity index (χ1) is 26.1. The second-order valence-corrected chi connectivity index (χ2v) is 24.2. The molecule has 0 atom stereocenters. The fourth-order valence-corrected chi connectivity index (χ4v) is 17.5. The van der Waals surface area contributed by atoms with Gasteiger partial charge < -0.3 is 0 Å². The van der Waals surface area contributed by atoms with E-state index in [9.17, 15) is 9.59 Å². The zero-order valence-electron chi connectivity index (χ0n) is 33.6. The number of hydrogen-bond donors (Lipinski definition) is 0. The number of nitrogens with zero attached hydrogens (tertiary/aromatic N) is 2. The molecule has 0 bridgehead atoms. The van der Waals surface area contributed by atoms with Crippen LogP contribution in [0.25, 0.3) is 0 Å². The van der Waals surface area contributed by atoms with Crippen molar-refractivity contribution in [3.8, 4) is 0 Å². The molecular weight excluding hydrogens is 736 g/mol. The van der Waals surface area contributed by atoms with Crippen molar-refractivity contribution in [2.24, 2.45) is 22.7 Å². The van der Waals surface area contributed by atoms with E-state index >= 15 is 17.6 Å². The first-order valence-corrected chi connectivity index (χ1v) is 23.5. The Hall–Kier alpha value is -3.23. The summed E-state index contributed by atoms with van der Waals surface area (Å²) in [4.78, 5) is 31.4. The van der Waals surface area contributed by atoms with Gasteiger partial charge in [0.2, 0.25) is 0 Å². The van der Waals surface area contributed by atoms with Crippen LogP contribution in [0.15, 0.2) is 68.5 Å². The summed E-state index contributed by atoms with van der Waals surface area (Å²) in [7, 11) is 0. The molecule has 0 radical (unpaired) electrons. The van der Waals surface area contributed by atoms with Crippen molar-refractivity contribution in [2.45, 2.75) is 119 Å². The Labute approximate surface area is 329 Å². The van der Waals surface area contributed by atoms with Gasteiger partial charge in [-0.3, -0.25) is 0 Å². The molecule has 4 nitrogen and oxygen atoms in total. The molecular formula is C46H58F4N2O2Ti. The van der Waals surface area contributed by atoms with Crippen LogP contribution >= 0.6 is 0 Å². The third-order valence-electron chi connectivity index (χ3n) is 12.1. The summed E-state index contributed by atoms with van der Waals surface area (Å²) in [5.74, 6) is -3.97. The first kappa shape index (κ1) is 41.4. The van der Waals surface area contributed by atoms with Crippen molar-refractivity contribution >= 4 is 30.9 Å². The van der Waals surface area contributed by atoms with Gasteiger partial charge in [-0.1, -0.05) is 0 Å². The van der Waals surface area contributed by atoms with Gasteiger partial charge in [-0.05, 0) is 0 Å². The van der Waals surface area contributed by atoms with Crippen LogP contribution in [-0.2, 0) is 26.2 Å². The van der Waals surface area contributed by atoms with Crippen LogP contribution < -0.4 is 17.5 Å². The fourth-order valence-electron chi connectivity index (χ4n) is 9.26. The van der Waals surface area contributed by atoms with Gasteiger partial charge in [0.25, 0.3) is 0 Å². The van der Waals surface area contributed by atoms with Crippen LogP contribution in [0.1, 0.15) is 119 Å². The van der Waals surface area contributed by atoms with Gasteiger partial charge in [0.15, 0.2) is 0 Å². The Kier molecular flexibility index (Phi) is 12.6. The number of anilines is 2. The molecule has 9 heteroatoms. The van der Waals surface area contributed by atoms with Gasteiger partial charge in [0.05, 0.1) is 0 Å². The van der Waals surface area contributed by atoms with Crippen molar-refractivity contribution in [1.82, 2.24) is 0 Å². The molecule has 55 heavy (non-hydrogen) atoms. The van der Waals surface area contributed by atoms with Gasteiger partial charge in [0, 0.05) is 0 Å². The van der Waals surface area contributed by atoms with Gasteiger partial charge in [0.1, 0.15) is 0 Å². The SMILES string of the molecule is CC(C)(C)C(=O)N(CC1CCCCC1)c1ccc(F)[c]([Ti]([C]2=CC=CC2)([C]2=CC=CC2)[c]2c(F)ccc(N(CC3CCCCC3)C(=O)C(C)(C)C)c2F)c1F. The molecule has 0 heterocycles. The molecule has 296 valence electrons. The molecule has 2 aromatic rings. The number of amides is 2.